The molecule has 0 aliphatic carbocycles. The average molecular weight is 492 g/mol. The minimum absolute atomic E-state index is 0.0193. The third-order valence-electron chi connectivity index (χ3n) is 6.17. The maximum absolute atomic E-state index is 14.5. The monoisotopic (exact) mass is 491 g/mol. The SMILES string of the molecule is CC(=O)N1CCC(O)(/C(C)=C/c2c(NC=O)nc(C)nc2NCc2cccc(C(F)F)c2F)CC1. The van der Waals surface area contributed by atoms with Crippen LogP contribution in [-0.2, 0) is 16.1 Å². The Labute approximate surface area is 201 Å². The number of hydrogen-bond acceptors (Lipinski definition) is 6. The van der Waals surface area contributed by atoms with E-state index in [9.17, 15) is 27.9 Å². The number of amides is 2. The Hall–Kier alpha value is -3.47. The van der Waals surface area contributed by atoms with Gasteiger partial charge in [0.25, 0.3) is 6.43 Å². The maximum atomic E-state index is 14.5. The Kier molecular flexibility index (Phi) is 8.11. The Morgan fingerprint density at radius 1 is 1.23 bits per heavy atom. The van der Waals surface area contributed by atoms with E-state index in [2.05, 4.69) is 20.6 Å². The Morgan fingerprint density at radius 2 is 1.89 bits per heavy atom. The number of carbonyl (C=O) groups is 2. The second-order valence-electron chi connectivity index (χ2n) is 8.48. The molecule has 1 aromatic carbocycles. The molecule has 0 unspecified atom stereocenters. The molecule has 1 fully saturated rings. The largest absolute Gasteiger partial charge is 0.385 e. The fourth-order valence-electron chi connectivity index (χ4n) is 4.04. The molecular weight excluding hydrogens is 463 g/mol. The van der Waals surface area contributed by atoms with E-state index in [1.807, 2.05) is 0 Å². The molecule has 0 spiro atoms. The van der Waals surface area contributed by atoms with Gasteiger partial charge in [0, 0.05) is 32.1 Å². The van der Waals surface area contributed by atoms with E-state index in [-0.39, 0.29) is 29.7 Å². The van der Waals surface area contributed by atoms with Crippen molar-refractivity contribution in [2.45, 2.75) is 52.2 Å². The minimum atomic E-state index is -2.95. The van der Waals surface area contributed by atoms with Crippen LogP contribution in [-0.4, -0.2) is 51.0 Å². The first-order chi connectivity index (χ1) is 16.6. The highest BCUT2D eigenvalue weighted by Gasteiger charge is 2.35. The van der Waals surface area contributed by atoms with Crippen molar-refractivity contribution in [2.24, 2.45) is 0 Å². The fraction of sp³-hybridized carbons (Fsp3) is 0.417. The molecule has 1 aliphatic rings. The first-order valence-electron chi connectivity index (χ1n) is 11.1. The lowest BCUT2D eigenvalue weighted by Gasteiger charge is -2.38. The molecule has 0 saturated carbocycles. The highest BCUT2D eigenvalue weighted by molar-refractivity contribution is 5.81. The van der Waals surface area contributed by atoms with Crippen LogP contribution in [0.4, 0.5) is 24.8 Å². The van der Waals surface area contributed by atoms with Crippen LogP contribution < -0.4 is 10.6 Å². The number of halogens is 3. The number of alkyl halides is 2. The Morgan fingerprint density at radius 3 is 2.49 bits per heavy atom. The molecule has 1 aliphatic heterocycles. The minimum Gasteiger partial charge on any atom is -0.385 e. The van der Waals surface area contributed by atoms with Gasteiger partial charge in [-0.2, -0.15) is 0 Å². The third kappa shape index (κ3) is 5.97. The van der Waals surface area contributed by atoms with Crippen molar-refractivity contribution in [2.75, 3.05) is 23.7 Å². The van der Waals surface area contributed by atoms with E-state index < -0.39 is 23.4 Å². The molecule has 2 heterocycles. The summed E-state index contributed by atoms with van der Waals surface area (Å²) in [5, 5.41) is 16.7. The highest BCUT2D eigenvalue weighted by Crippen LogP contribution is 2.34. The summed E-state index contributed by atoms with van der Waals surface area (Å²) in [5.74, 6) is -0.366. The van der Waals surface area contributed by atoms with Crippen LogP contribution in [0.15, 0.2) is 23.8 Å². The predicted molar refractivity (Wildman–Crippen MR) is 125 cm³/mol. The predicted octanol–water partition coefficient (Wildman–Crippen LogP) is 3.82. The van der Waals surface area contributed by atoms with E-state index in [1.54, 1.807) is 24.8 Å². The van der Waals surface area contributed by atoms with Crippen LogP contribution in [0.5, 0.6) is 0 Å². The second-order valence-corrected chi connectivity index (χ2v) is 8.48. The first kappa shape index (κ1) is 26.1. The van der Waals surface area contributed by atoms with Gasteiger partial charge >= 0.3 is 0 Å². The van der Waals surface area contributed by atoms with Crippen LogP contribution in [0.25, 0.3) is 6.08 Å². The molecule has 188 valence electrons. The Balaban J connectivity index is 1.95. The average Bonchev–Trinajstić information content (AvgIpc) is 2.80. The number of anilines is 2. The van der Waals surface area contributed by atoms with E-state index in [0.717, 1.165) is 6.07 Å². The van der Waals surface area contributed by atoms with Crippen LogP contribution in [0.1, 0.15) is 55.6 Å². The van der Waals surface area contributed by atoms with Crippen LogP contribution in [0.3, 0.4) is 0 Å². The quantitative estimate of drug-likeness (QED) is 0.485. The van der Waals surface area contributed by atoms with Gasteiger partial charge in [0.1, 0.15) is 23.3 Å². The van der Waals surface area contributed by atoms with Crippen molar-refractivity contribution < 1.29 is 27.9 Å². The lowest BCUT2D eigenvalue weighted by molar-refractivity contribution is -0.132. The first-order valence-corrected chi connectivity index (χ1v) is 11.1. The summed E-state index contributed by atoms with van der Waals surface area (Å²) in [6, 6.07) is 3.76. The standard InChI is InChI=1S/C24H28F3N5O3/c1-14(24(35)7-9-32(10-8-24)16(3)34)11-19-22(30-15(2)31-23(19)29-13-33)28-12-17-5-4-6-18(20(17)25)21(26)27/h4-6,11,13,21,35H,7-10,12H2,1-3H3,(H2,28,29,30,31,33)/b14-11+. The molecule has 3 N–H and O–H groups in total. The molecule has 0 radical (unpaired) electrons. The van der Waals surface area contributed by atoms with Gasteiger partial charge in [-0.05, 0) is 38.3 Å². The molecule has 2 amide bonds. The molecule has 1 aromatic heterocycles. The number of carbonyl (C=O) groups excluding carboxylic acids is 2. The smallest absolute Gasteiger partial charge is 0.266 e. The van der Waals surface area contributed by atoms with Crippen molar-refractivity contribution in [1.29, 1.82) is 0 Å². The molecular formula is C24H28F3N5O3. The lowest BCUT2D eigenvalue weighted by Crippen LogP contribution is -2.46. The molecule has 0 bridgehead atoms. The number of rotatable bonds is 8. The number of aromatic nitrogens is 2. The number of nitrogens with one attached hydrogen (secondary N) is 2. The summed E-state index contributed by atoms with van der Waals surface area (Å²) in [5.41, 5.74) is -0.957. The summed E-state index contributed by atoms with van der Waals surface area (Å²) in [7, 11) is 0. The molecule has 0 atom stereocenters. The number of likely N-dealkylation sites (tertiary alicyclic amines) is 1. The summed E-state index contributed by atoms with van der Waals surface area (Å²) in [6.07, 6.45) is -0.220. The third-order valence-corrected chi connectivity index (χ3v) is 6.17. The van der Waals surface area contributed by atoms with Crippen LogP contribution in [0, 0.1) is 12.7 Å². The maximum Gasteiger partial charge on any atom is 0.266 e. The normalized spacial score (nSPS) is 15.8. The van der Waals surface area contributed by atoms with Crippen molar-refractivity contribution in [1.82, 2.24) is 14.9 Å². The summed E-state index contributed by atoms with van der Waals surface area (Å²) >= 11 is 0. The summed E-state index contributed by atoms with van der Waals surface area (Å²) in [4.78, 5) is 33.1. The summed E-state index contributed by atoms with van der Waals surface area (Å²) in [6.45, 7) is 5.44. The van der Waals surface area contributed by atoms with E-state index >= 15 is 0 Å². The van der Waals surface area contributed by atoms with Crippen molar-refractivity contribution in [3.8, 4) is 0 Å². The number of aliphatic hydroxyl groups is 1. The highest BCUT2D eigenvalue weighted by atomic mass is 19.3. The number of benzene rings is 1. The van der Waals surface area contributed by atoms with Crippen molar-refractivity contribution in [3.63, 3.8) is 0 Å². The second kappa shape index (κ2) is 10.9. The molecule has 2 aromatic rings. The zero-order valence-electron chi connectivity index (χ0n) is 19.7. The number of hydrogen-bond donors (Lipinski definition) is 3. The van der Waals surface area contributed by atoms with Gasteiger partial charge in [0.2, 0.25) is 12.3 Å². The molecule has 8 nitrogen and oxygen atoms in total. The van der Waals surface area contributed by atoms with Gasteiger partial charge < -0.3 is 20.6 Å². The summed E-state index contributed by atoms with van der Waals surface area (Å²) < 4.78 is 40.7. The molecule has 11 heteroatoms. The van der Waals surface area contributed by atoms with Gasteiger partial charge in [0.15, 0.2) is 0 Å². The fourth-order valence-corrected chi connectivity index (χ4v) is 4.04. The van der Waals surface area contributed by atoms with E-state index in [4.69, 9.17) is 0 Å². The van der Waals surface area contributed by atoms with Gasteiger partial charge in [0.05, 0.1) is 16.7 Å². The topological polar surface area (TPSA) is 107 Å². The number of nitrogens with zero attached hydrogens (tertiary/aromatic N) is 3. The number of aryl methyl sites for hydroxylation is 1. The van der Waals surface area contributed by atoms with Crippen LogP contribution in [0.2, 0.25) is 0 Å². The van der Waals surface area contributed by atoms with Crippen molar-refractivity contribution in [3.05, 3.63) is 52.1 Å². The van der Waals surface area contributed by atoms with Gasteiger partial charge in [-0.15, -0.1) is 0 Å². The van der Waals surface area contributed by atoms with E-state index in [0.29, 0.717) is 49.3 Å². The molecule has 35 heavy (non-hydrogen) atoms. The van der Waals surface area contributed by atoms with Gasteiger partial charge in [-0.3, -0.25) is 9.59 Å². The Bertz CT molecular complexity index is 1130. The van der Waals surface area contributed by atoms with E-state index in [1.165, 1.54) is 19.1 Å². The molecule has 3 rings (SSSR count). The van der Waals surface area contributed by atoms with Gasteiger partial charge in [-0.1, -0.05) is 18.2 Å². The zero-order chi connectivity index (χ0) is 25.8. The lowest BCUT2D eigenvalue weighted by atomic mass is 9.84. The van der Waals surface area contributed by atoms with Crippen LogP contribution >= 0.6 is 0 Å². The number of piperidine rings is 1. The van der Waals surface area contributed by atoms with Crippen molar-refractivity contribution >= 4 is 30.0 Å². The molecule has 1 saturated heterocycles. The van der Waals surface area contributed by atoms with Gasteiger partial charge in [-0.25, -0.2) is 23.1 Å². The zero-order valence-corrected chi connectivity index (χ0v) is 19.7.